The van der Waals surface area contributed by atoms with Gasteiger partial charge in [0, 0.05) is 16.7 Å². The Labute approximate surface area is 153 Å². The Kier molecular flexibility index (Phi) is 4.51. The molecule has 2 aromatic heterocycles. The van der Waals surface area contributed by atoms with E-state index in [1.807, 2.05) is 24.3 Å². The van der Waals surface area contributed by atoms with E-state index in [-0.39, 0.29) is 30.4 Å². The summed E-state index contributed by atoms with van der Waals surface area (Å²) >= 11 is 0. The molecule has 138 valence electrons. The van der Waals surface area contributed by atoms with Crippen LogP contribution in [-0.2, 0) is 17.9 Å². The molecule has 3 aromatic rings. The maximum Gasteiger partial charge on any atom is 0.414 e. The lowest BCUT2D eigenvalue weighted by molar-refractivity contribution is -0.389. The van der Waals surface area contributed by atoms with E-state index in [2.05, 4.69) is 9.97 Å². The van der Waals surface area contributed by atoms with Gasteiger partial charge in [-0.1, -0.05) is 24.3 Å². The van der Waals surface area contributed by atoms with E-state index in [4.69, 9.17) is 9.47 Å². The summed E-state index contributed by atoms with van der Waals surface area (Å²) in [6.07, 6.45) is 3.82. The molecule has 1 atom stereocenters. The van der Waals surface area contributed by atoms with Crippen molar-refractivity contribution < 1.29 is 18.8 Å². The maximum absolute atomic E-state index is 13.8. The first-order valence-electron chi connectivity index (χ1n) is 8.25. The van der Waals surface area contributed by atoms with E-state index in [1.54, 1.807) is 16.8 Å². The molecule has 1 aliphatic heterocycles. The van der Waals surface area contributed by atoms with Crippen LogP contribution in [0.3, 0.4) is 0 Å². The van der Waals surface area contributed by atoms with E-state index < -0.39 is 4.92 Å². The van der Waals surface area contributed by atoms with Gasteiger partial charge in [0.1, 0.15) is 24.7 Å². The van der Waals surface area contributed by atoms with Crippen molar-refractivity contribution in [3.8, 4) is 17.1 Å². The highest BCUT2D eigenvalue weighted by molar-refractivity contribution is 5.63. The number of rotatable bonds is 5. The highest BCUT2D eigenvalue weighted by Crippen LogP contribution is 2.24. The molecule has 27 heavy (non-hydrogen) atoms. The molecule has 0 saturated carbocycles. The van der Waals surface area contributed by atoms with Gasteiger partial charge in [-0.2, -0.15) is 0 Å². The van der Waals surface area contributed by atoms with E-state index in [0.717, 1.165) is 11.1 Å². The van der Waals surface area contributed by atoms with Crippen LogP contribution >= 0.6 is 0 Å². The van der Waals surface area contributed by atoms with Crippen molar-refractivity contribution in [3.05, 3.63) is 70.4 Å². The Morgan fingerprint density at radius 1 is 1.33 bits per heavy atom. The first-order valence-corrected chi connectivity index (χ1v) is 8.25. The third-order valence-corrected chi connectivity index (χ3v) is 4.24. The molecule has 0 unspecified atom stereocenters. The van der Waals surface area contributed by atoms with Crippen molar-refractivity contribution in [3.63, 3.8) is 0 Å². The van der Waals surface area contributed by atoms with Gasteiger partial charge in [0.15, 0.2) is 0 Å². The summed E-state index contributed by atoms with van der Waals surface area (Å²) in [5.74, 6) is -0.615. The molecule has 1 aromatic carbocycles. The fourth-order valence-electron chi connectivity index (χ4n) is 2.86. The summed E-state index contributed by atoms with van der Waals surface area (Å²) < 4.78 is 26.6. The second kappa shape index (κ2) is 7.12. The summed E-state index contributed by atoms with van der Waals surface area (Å²) in [6.45, 7) is 1.05. The number of hydrogen-bond acceptors (Lipinski definition) is 6. The Hall–Kier alpha value is -3.33. The van der Waals surface area contributed by atoms with Gasteiger partial charge in [-0.05, 0) is 22.1 Å². The third kappa shape index (κ3) is 3.63. The van der Waals surface area contributed by atoms with Crippen LogP contribution < -0.4 is 4.74 Å². The number of imidazole rings is 1. The first kappa shape index (κ1) is 17.1. The zero-order chi connectivity index (χ0) is 18.8. The lowest BCUT2D eigenvalue weighted by atomic mass is 10.1. The molecule has 0 N–H and O–H groups in total. The van der Waals surface area contributed by atoms with Gasteiger partial charge in [-0.15, -0.1) is 0 Å². The molecule has 0 bridgehead atoms. The molecule has 0 saturated heterocycles. The van der Waals surface area contributed by atoms with Gasteiger partial charge in [0.05, 0.1) is 19.3 Å². The summed E-state index contributed by atoms with van der Waals surface area (Å²) in [6, 6.07) is 9.24. The topological polar surface area (TPSA) is 92.3 Å². The normalized spacial score (nSPS) is 15.8. The molecule has 1 aliphatic rings. The number of fused-ring (bicyclic) bond motifs is 1. The molecule has 9 heteroatoms. The number of ether oxygens (including phenoxy) is 2. The summed E-state index contributed by atoms with van der Waals surface area (Å²) in [7, 11) is 0. The predicted molar refractivity (Wildman–Crippen MR) is 92.6 cm³/mol. The maximum atomic E-state index is 13.8. The number of aromatic nitrogens is 3. The first-order chi connectivity index (χ1) is 13.1. The Morgan fingerprint density at radius 2 is 2.15 bits per heavy atom. The van der Waals surface area contributed by atoms with Gasteiger partial charge in [0.25, 0.3) is 0 Å². The van der Waals surface area contributed by atoms with Crippen molar-refractivity contribution in [1.82, 2.24) is 14.5 Å². The quantitative estimate of drug-likeness (QED) is 0.506. The van der Waals surface area contributed by atoms with Crippen molar-refractivity contribution in [2.24, 2.45) is 0 Å². The number of hydrogen-bond donors (Lipinski definition) is 0. The number of benzene rings is 1. The second-order valence-corrected chi connectivity index (χ2v) is 6.09. The van der Waals surface area contributed by atoms with Crippen LogP contribution in [0, 0.1) is 15.9 Å². The van der Waals surface area contributed by atoms with Crippen molar-refractivity contribution in [1.29, 1.82) is 0 Å². The molecule has 0 aliphatic carbocycles. The number of nitrogens with zero attached hydrogens (tertiary/aromatic N) is 4. The van der Waals surface area contributed by atoms with Crippen LogP contribution in [0.1, 0.15) is 5.56 Å². The Balaban J connectivity index is 1.38. The zero-order valence-corrected chi connectivity index (χ0v) is 14.1. The summed E-state index contributed by atoms with van der Waals surface area (Å²) in [5.41, 5.74) is 2.18. The molecular formula is C18H15FN4O4. The summed E-state index contributed by atoms with van der Waals surface area (Å²) in [4.78, 5) is 17.8. The molecule has 8 nitrogen and oxygen atoms in total. The van der Waals surface area contributed by atoms with Crippen LogP contribution in [0.25, 0.3) is 11.1 Å². The smallest absolute Gasteiger partial charge is 0.414 e. The fourth-order valence-corrected chi connectivity index (χ4v) is 2.86. The molecule has 0 radical (unpaired) electrons. The molecule has 0 fully saturated rings. The van der Waals surface area contributed by atoms with Crippen molar-refractivity contribution in [2.75, 3.05) is 6.61 Å². The SMILES string of the molecule is O=[N+]([O-])c1cn2c(n1)OC[C@@H](OCc1ccc(-c3ccncc3F)cc1)C2. The van der Waals surface area contributed by atoms with Crippen LogP contribution in [0.5, 0.6) is 6.01 Å². The minimum atomic E-state index is -0.558. The second-order valence-electron chi connectivity index (χ2n) is 6.09. The van der Waals surface area contributed by atoms with Gasteiger partial charge in [0.2, 0.25) is 0 Å². The average molecular weight is 370 g/mol. The van der Waals surface area contributed by atoms with E-state index in [0.29, 0.717) is 18.7 Å². The molecule has 3 heterocycles. The largest absolute Gasteiger partial charge is 0.443 e. The lowest BCUT2D eigenvalue weighted by Gasteiger charge is -2.22. The predicted octanol–water partition coefficient (Wildman–Crippen LogP) is 2.97. The van der Waals surface area contributed by atoms with Crippen LogP contribution in [0.15, 0.2) is 48.9 Å². The van der Waals surface area contributed by atoms with E-state index >= 15 is 0 Å². The van der Waals surface area contributed by atoms with Crippen LogP contribution in [0.4, 0.5) is 10.2 Å². The fraction of sp³-hybridized carbons (Fsp3) is 0.222. The van der Waals surface area contributed by atoms with E-state index in [9.17, 15) is 14.5 Å². The van der Waals surface area contributed by atoms with E-state index in [1.165, 1.54) is 12.4 Å². The molecule has 4 rings (SSSR count). The Bertz CT molecular complexity index is 974. The zero-order valence-electron chi connectivity index (χ0n) is 14.1. The number of halogens is 1. The molecule has 0 amide bonds. The minimum Gasteiger partial charge on any atom is -0.443 e. The number of nitro groups is 1. The van der Waals surface area contributed by atoms with Gasteiger partial charge < -0.3 is 19.6 Å². The standard InChI is InChI=1S/C18H15FN4O4/c19-16-7-20-6-5-15(16)13-3-1-12(2-4-13)10-26-14-8-22-9-17(23(24)25)21-18(22)27-11-14/h1-7,9,14H,8,10-11H2/t14-/m0/s1. The van der Waals surface area contributed by atoms with Crippen molar-refractivity contribution >= 4 is 5.82 Å². The van der Waals surface area contributed by atoms with Gasteiger partial charge in [-0.25, -0.2) is 4.39 Å². The Morgan fingerprint density at radius 3 is 2.89 bits per heavy atom. The van der Waals surface area contributed by atoms with Gasteiger partial charge in [-0.3, -0.25) is 9.55 Å². The highest BCUT2D eigenvalue weighted by atomic mass is 19.1. The van der Waals surface area contributed by atoms with Gasteiger partial charge >= 0.3 is 11.8 Å². The molecular weight excluding hydrogens is 355 g/mol. The van der Waals surface area contributed by atoms with Crippen LogP contribution in [0.2, 0.25) is 0 Å². The summed E-state index contributed by atoms with van der Waals surface area (Å²) in [5, 5.41) is 10.8. The van der Waals surface area contributed by atoms with Crippen molar-refractivity contribution in [2.45, 2.75) is 19.3 Å². The third-order valence-electron chi connectivity index (χ3n) is 4.24. The average Bonchev–Trinajstić information content (AvgIpc) is 3.11. The van der Waals surface area contributed by atoms with Crippen LogP contribution in [-0.4, -0.2) is 32.2 Å². The molecule has 0 spiro atoms. The monoisotopic (exact) mass is 370 g/mol. The highest BCUT2D eigenvalue weighted by Gasteiger charge is 2.28. The number of pyridine rings is 1. The lowest BCUT2D eigenvalue weighted by Crippen LogP contribution is -2.32. The minimum absolute atomic E-state index is 0.227.